The average Bonchev–Trinajstić information content (AvgIpc) is 2.60. The summed E-state index contributed by atoms with van der Waals surface area (Å²) in [5.41, 5.74) is 1.81. The molecule has 0 heterocycles. The van der Waals surface area contributed by atoms with Crippen LogP contribution in [-0.2, 0) is 6.42 Å². The first kappa shape index (κ1) is 16.9. The maximum atomic E-state index is 12.3. The molecule has 1 amide bonds. The molecular weight excluding hydrogens is 290 g/mol. The van der Waals surface area contributed by atoms with E-state index in [0.29, 0.717) is 29.5 Å². The van der Waals surface area contributed by atoms with Gasteiger partial charge >= 0.3 is 0 Å². The van der Waals surface area contributed by atoms with Crippen LogP contribution in [0.5, 0.6) is 11.5 Å². The predicted octanol–water partition coefficient (Wildman–Crippen LogP) is 3.31. The Morgan fingerprint density at radius 1 is 1.04 bits per heavy atom. The minimum atomic E-state index is -0.123. The van der Waals surface area contributed by atoms with Crippen LogP contribution < -0.4 is 14.8 Å². The lowest BCUT2D eigenvalue weighted by atomic mass is 10.0. The second-order valence-electron chi connectivity index (χ2n) is 5.61. The first-order valence-corrected chi connectivity index (χ1v) is 7.67. The molecule has 1 atom stereocenters. The fourth-order valence-corrected chi connectivity index (χ4v) is 2.40. The normalized spacial score (nSPS) is 11.6. The SMILES string of the molecule is COc1cc(OC)cc(C(=O)NCC(C)Cc2ccccc2)c1. The van der Waals surface area contributed by atoms with Crippen molar-refractivity contribution in [1.82, 2.24) is 5.32 Å². The summed E-state index contributed by atoms with van der Waals surface area (Å²) in [4.78, 5) is 12.3. The number of methoxy groups -OCH3 is 2. The summed E-state index contributed by atoms with van der Waals surface area (Å²) >= 11 is 0. The number of nitrogens with one attached hydrogen (secondary N) is 1. The Labute approximate surface area is 137 Å². The summed E-state index contributed by atoms with van der Waals surface area (Å²) in [5.74, 6) is 1.44. The summed E-state index contributed by atoms with van der Waals surface area (Å²) < 4.78 is 10.4. The van der Waals surface area contributed by atoms with Gasteiger partial charge in [-0.15, -0.1) is 0 Å². The maximum Gasteiger partial charge on any atom is 0.251 e. The summed E-state index contributed by atoms with van der Waals surface area (Å²) in [5, 5.41) is 2.97. The zero-order valence-electron chi connectivity index (χ0n) is 13.8. The van der Waals surface area contributed by atoms with Crippen molar-refractivity contribution in [3.8, 4) is 11.5 Å². The van der Waals surface area contributed by atoms with Gasteiger partial charge in [0.05, 0.1) is 14.2 Å². The molecule has 0 bridgehead atoms. The number of ether oxygens (including phenoxy) is 2. The van der Waals surface area contributed by atoms with Crippen LogP contribution in [0.1, 0.15) is 22.8 Å². The lowest BCUT2D eigenvalue weighted by Gasteiger charge is -2.14. The molecule has 122 valence electrons. The molecule has 4 nitrogen and oxygen atoms in total. The van der Waals surface area contributed by atoms with Crippen LogP contribution in [0.4, 0.5) is 0 Å². The minimum absolute atomic E-state index is 0.123. The molecule has 4 heteroatoms. The van der Waals surface area contributed by atoms with Crippen molar-refractivity contribution in [2.75, 3.05) is 20.8 Å². The smallest absolute Gasteiger partial charge is 0.251 e. The zero-order chi connectivity index (χ0) is 16.7. The van der Waals surface area contributed by atoms with Crippen LogP contribution in [0.25, 0.3) is 0 Å². The third-order valence-corrected chi connectivity index (χ3v) is 3.65. The van der Waals surface area contributed by atoms with E-state index in [2.05, 4.69) is 24.4 Å². The molecule has 2 aromatic rings. The molecule has 23 heavy (non-hydrogen) atoms. The van der Waals surface area contributed by atoms with E-state index < -0.39 is 0 Å². The van der Waals surface area contributed by atoms with Gasteiger partial charge in [-0.3, -0.25) is 4.79 Å². The molecule has 0 saturated heterocycles. The molecule has 0 fully saturated rings. The fraction of sp³-hybridized carbons (Fsp3) is 0.316. The van der Waals surface area contributed by atoms with E-state index in [0.717, 1.165) is 6.42 Å². The van der Waals surface area contributed by atoms with E-state index in [1.807, 2.05) is 18.2 Å². The Balaban J connectivity index is 1.94. The summed E-state index contributed by atoms with van der Waals surface area (Å²) in [6, 6.07) is 15.4. The molecular formula is C19H23NO3. The third-order valence-electron chi connectivity index (χ3n) is 3.65. The average molecular weight is 313 g/mol. The predicted molar refractivity (Wildman–Crippen MR) is 91.2 cm³/mol. The van der Waals surface area contributed by atoms with Crippen molar-refractivity contribution in [1.29, 1.82) is 0 Å². The number of amides is 1. The first-order chi connectivity index (χ1) is 11.1. The number of hydrogen-bond acceptors (Lipinski definition) is 3. The topological polar surface area (TPSA) is 47.6 Å². The van der Waals surface area contributed by atoms with E-state index in [4.69, 9.17) is 9.47 Å². The molecule has 0 aromatic heterocycles. The maximum absolute atomic E-state index is 12.3. The standard InChI is InChI=1S/C19H23NO3/c1-14(9-15-7-5-4-6-8-15)13-20-19(21)16-10-17(22-2)12-18(11-16)23-3/h4-8,10-12,14H,9,13H2,1-3H3,(H,20,21). The number of carbonyl (C=O) groups excluding carboxylic acids is 1. The van der Waals surface area contributed by atoms with Gasteiger partial charge in [0, 0.05) is 18.2 Å². The molecule has 0 aliphatic rings. The lowest BCUT2D eigenvalue weighted by Crippen LogP contribution is -2.29. The molecule has 1 N–H and O–H groups in total. The number of hydrogen-bond donors (Lipinski definition) is 1. The van der Waals surface area contributed by atoms with Crippen LogP contribution in [0.15, 0.2) is 48.5 Å². The van der Waals surface area contributed by atoms with Crippen molar-refractivity contribution >= 4 is 5.91 Å². The first-order valence-electron chi connectivity index (χ1n) is 7.67. The highest BCUT2D eigenvalue weighted by atomic mass is 16.5. The van der Waals surface area contributed by atoms with E-state index in [-0.39, 0.29) is 5.91 Å². The largest absolute Gasteiger partial charge is 0.497 e. The van der Waals surface area contributed by atoms with Crippen LogP contribution in [0.2, 0.25) is 0 Å². The summed E-state index contributed by atoms with van der Waals surface area (Å²) in [6.07, 6.45) is 0.933. The highest BCUT2D eigenvalue weighted by molar-refractivity contribution is 5.95. The zero-order valence-corrected chi connectivity index (χ0v) is 13.8. The lowest BCUT2D eigenvalue weighted by molar-refractivity contribution is 0.0947. The van der Waals surface area contributed by atoms with Gasteiger partial charge in [-0.05, 0) is 30.0 Å². The summed E-state index contributed by atoms with van der Waals surface area (Å²) in [6.45, 7) is 2.74. The second-order valence-corrected chi connectivity index (χ2v) is 5.61. The highest BCUT2D eigenvalue weighted by Crippen LogP contribution is 2.22. The summed E-state index contributed by atoms with van der Waals surface area (Å²) in [7, 11) is 3.14. The number of benzene rings is 2. The molecule has 0 aliphatic heterocycles. The molecule has 0 aliphatic carbocycles. The van der Waals surface area contributed by atoms with Gasteiger partial charge in [0.1, 0.15) is 11.5 Å². The van der Waals surface area contributed by atoms with Crippen LogP contribution in [-0.4, -0.2) is 26.7 Å². The van der Waals surface area contributed by atoms with Gasteiger partial charge in [0.15, 0.2) is 0 Å². The van der Waals surface area contributed by atoms with Gasteiger partial charge in [-0.25, -0.2) is 0 Å². The van der Waals surface area contributed by atoms with E-state index in [1.165, 1.54) is 5.56 Å². The molecule has 0 spiro atoms. The molecule has 2 rings (SSSR count). The minimum Gasteiger partial charge on any atom is -0.497 e. The van der Waals surface area contributed by atoms with E-state index in [9.17, 15) is 4.79 Å². The van der Waals surface area contributed by atoms with Crippen molar-refractivity contribution in [3.05, 3.63) is 59.7 Å². The Hall–Kier alpha value is -2.49. The van der Waals surface area contributed by atoms with Gasteiger partial charge in [-0.2, -0.15) is 0 Å². The van der Waals surface area contributed by atoms with Crippen molar-refractivity contribution in [3.63, 3.8) is 0 Å². The molecule has 2 aromatic carbocycles. The molecule has 0 radical (unpaired) electrons. The van der Waals surface area contributed by atoms with Crippen molar-refractivity contribution < 1.29 is 14.3 Å². The van der Waals surface area contributed by atoms with Gasteiger partial charge in [0.25, 0.3) is 5.91 Å². The van der Waals surface area contributed by atoms with Crippen molar-refractivity contribution in [2.24, 2.45) is 5.92 Å². The van der Waals surface area contributed by atoms with Crippen molar-refractivity contribution in [2.45, 2.75) is 13.3 Å². The number of carbonyl (C=O) groups is 1. The second kappa shape index (κ2) is 8.22. The van der Waals surface area contributed by atoms with Crippen LogP contribution in [0.3, 0.4) is 0 Å². The monoisotopic (exact) mass is 313 g/mol. The fourth-order valence-electron chi connectivity index (χ4n) is 2.40. The Morgan fingerprint density at radius 2 is 1.65 bits per heavy atom. The molecule has 1 unspecified atom stereocenters. The van der Waals surface area contributed by atoms with Gasteiger partial charge in [0.2, 0.25) is 0 Å². The Morgan fingerprint density at radius 3 is 2.22 bits per heavy atom. The Kier molecular flexibility index (Phi) is 6.03. The molecule has 0 saturated carbocycles. The van der Waals surface area contributed by atoms with Gasteiger partial charge in [-0.1, -0.05) is 37.3 Å². The Bertz CT molecular complexity index is 618. The van der Waals surface area contributed by atoms with Crippen LogP contribution >= 0.6 is 0 Å². The van der Waals surface area contributed by atoms with E-state index in [1.54, 1.807) is 32.4 Å². The third kappa shape index (κ3) is 5.02. The van der Waals surface area contributed by atoms with Gasteiger partial charge < -0.3 is 14.8 Å². The quantitative estimate of drug-likeness (QED) is 0.853. The highest BCUT2D eigenvalue weighted by Gasteiger charge is 2.11. The van der Waals surface area contributed by atoms with Crippen LogP contribution in [0, 0.1) is 5.92 Å². The van der Waals surface area contributed by atoms with E-state index >= 15 is 0 Å². The number of rotatable bonds is 7.